The van der Waals surface area contributed by atoms with Crippen molar-refractivity contribution < 1.29 is 9.84 Å². The molecule has 21 heavy (non-hydrogen) atoms. The van der Waals surface area contributed by atoms with E-state index in [4.69, 9.17) is 4.74 Å². The van der Waals surface area contributed by atoms with Gasteiger partial charge < -0.3 is 0 Å². The number of ether oxygens (including phenoxy) is 1. The van der Waals surface area contributed by atoms with Gasteiger partial charge in [-0.05, 0) is 0 Å². The molecule has 0 aliphatic rings. The monoisotopic (exact) mass is 340 g/mol. The van der Waals surface area contributed by atoms with E-state index in [0.29, 0.717) is 0 Å². The maximum absolute atomic E-state index is 9.96. The van der Waals surface area contributed by atoms with Crippen LogP contribution in [0.25, 0.3) is 19.3 Å². The van der Waals surface area contributed by atoms with Gasteiger partial charge in [0.15, 0.2) is 0 Å². The summed E-state index contributed by atoms with van der Waals surface area (Å²) in [7, 11) is 0. The van der Waals surface area contributed by atoms with Gasteiger partial charge in [-0.3, -0.25) is 0 Å². The average Bonchev–Trinajstić information content (AvgIpc) is 2.86. The van der Waals surface area contributed by atoms with Crippen molar-refractivity contribution in [1.82, 2.24) is 0 Å². The summed E-state index contributed by atoms with van der Waals surface area (Å²) in [5.74, 6) is 1.76. The predicted octanol–water partition coefficient (Wildman–Crippen LogP) is 4.55. The van der Waals surface area contributed by atoms with Gasteiger partial charge in [-0.15, -0.1) is 0 Å². The molecule has 2 nitrogen and oxygen atoms in total. The van der Waals surface area contributed by atoms with Crippen LogP contribution in [0.15, 0.2) is 66.7 Å². The quantitative estimate of drug-likeness (QED) is 0.543. The summed E-state index contributed by atoms with van der Waals surface area (Å²) in [6, 6.07) is 21.6. The third-order valence-corrected chi connectivity index (χ3v) is 5.74. The van der Waals surface area contributed by atoms with Gasteiger partial charge in [0.05, 0.1) is 0 Å². The Morgan fingerprint density at radius 3 is 2.43 bits per heavy atom. The van der Waals surface area contributed by atoms with Gasteiger partial charge in [0.1, 0.15) is 0 Å². The van der Waals surface area contributed by atoms with Gasteiger partial charge in [0.25, 0.3) is 0 Å². The fourth-order valence-corrected chi connectivity index (χ4v) is 4.92. The zero-order chi connectivity index (χ0) is 14.2. The Hall–Kier alpha value is -2.22. The van der Waals surface area contributed by atoms with Gasteiger partial charge in [0.2, 0.25) is 0 Å². The number of hydrogen-bond donors (Lipinski definition) is 1. The normalized spacial score (nSPS) is 11.0. The van der Waals surface area contributed by atoms with Crippen LogP contribution in [0.2, 0.25) is 0 Å². The molecule has 0 aliphatic heterocycles. The molecule has 0 atom stereocenters. The van der Waals surface area contributed by atoms with E-state index in [1.54, 1.807) is 6.07 Å². The molecule has 0 spiro atoms. The summed E-state index contributed by atoms with van der Waals surface area (Å²) in [5.41, 5.74) is 0. The Morgan fingerprint density at radius 2 is 1.57 bits per heavy atom. The molecule has 4 aromatic rings. The Morgan fingerprint density at radius 1 is 0.810 bits per heavy atom. The van der Waals surface area contributed by atoms with E-state index in [0.717, 1.165) is 16.9 Å². The summed E-state index contributed by atoms with van der Waals surface area (Å²) in [5, 5.41) is 12.3. The van der Waals surface area contributed by atoms with E-state index in [9.17, 15) is 5.11 Å². The number of fused-ring (bicyclic) bond motifs is 3. The number of phenolic OH excluding ortho intramolecular Hbond substituents is 1. The van der Waals surface area contributed by atoms with Crippen LogP contribution in [0.4, 0.5) is 0 Å². The van der Waals surface area contributed by atoms with Crippen LogP contribution in [0, 0.1) is 0 Å². The topological polar surface area (TPSA) is 29.5 Å². The van der Waals surface area contributed by atoms with Crippen molar-refractivity contribution in [1.29, 1.82) is 0 Å². The second kappa shape index (κ2) is 4.96. The minimum absolute atomic E-state index is 0.222. The number of aromatic hydroxyl groups is 1. The number of para-hydroxylation sites is 1. The molecule has 0 saturated heterocycles. The van der Waals surface area contributed by atoms with Crippen molar-refractivity contribution >= 4 is 33.8 Å². The van der Waals surface area contributed by atoms with E-state index < -0.39 is 0 Å². The van der Waals surface area contributed by atoms with Crippen LogP contribution in [-0.4, -0.2) is 19.6 Å². The standard InChI is InChI=1S/C18H12O2Se/c19-12-10-15(20-13-6-2-1-3-7-13)18-14-8-4-5-9-16(14)21-17(18)11-12/h1-11,19H. The number of phenols is 1. The first kappa shape index (κ1) is 12.5. The molecule has 3 aromatic carbocycles. The van der Waals surface area contributed by atoms with Gasteiger partial charge in [-0.2, -0.15) is 0 Å². The molecule has 0 amide bonds. The Kier molecular flexibility index (Phi) is 2.95. The summed E-state index contributed by atoms with van der Waals surface area (Å²) in [6.07, 6.45) is 0. The fraction of sp³-hybridized carbons (Fsp3) is 0. The van der Waals surface area contributed by atoms with Crippen LogP contribution in [-0.2, 0) is 0 Å². The van der Waals surface area contributed by atoms with E-state index in [2.05, 4.69) is 18.2 Å². The van der Waals surface area contributed by atoms with Crippen molar-refractivity contribution in [3.8, 4) is 17.2 Å². The third-order valence-electron chi connectivity index (χ3n) is 3.40. The van der Waals surface area contributed by atoms with Gasteiger partial charge >= 0.3 is 128 Å². The van der Waals surface area contributed by atoms with E-state index in [1.807, 2.05) is 42.5 Å². The van der Waals surface area contributed by atoms with E-state index >= 15 is 0 Å². The number of hydrogen-bond acceptors (Lipinski definition) is 2. The zero-order valence-corrected chi connectivity index (χ0v) is 12.8. The fourth-order valence-electron chi connectivity index (χ4n) is 2.50. The van der Waals surface area contributed by atoms with Crippen molar-refractivity contribution in [2.24, 2.45) is 0 Å². The van der Waals surface area contributed by atoms with Crippen LogP contribution in [0.5, 0.6) is 17.2 Å². The van der Waals surface area contributed by atoms with Crippen molar-refractivity contribution in [3.63, 3.8) is 0 Å². The molecule has 4 rings (SSSR count). The van der Waals surface area contributed by atoms with Gasteiger partial charge in [-0.1, -0.05) is 0 Å². The minimum atomic E-state index is 0.222. The van der Waals surface area contributed by atoms with E-state index in [-0.39, 0.29) is 20.3 Å². The number of benzene rings is 3. The predicted molar refractivity (Wildman–Crippen MR) is 86.6 cm³/mol. The van der Waals surface area contributed by atoms with Crippen LogP contribution in [0.1, 0.15) is 0 Å². The van der Waals surface area contributed by atoms with Crippen molar-refractivity contribution in [2.75, 3.05) is 0 Å². The van der Waals surface area contributed by atoms with Gasteiger partial charge in [-0.25, -0.2) is 0 Å². The second-order valence-electron chi connectivity index (χ2n) is 4.83. The molecular weight excluding hydrogens is 327 g/mol. The molecule has 0 fully saturated rings. The Balaban J connectivity index is 1.98. The molecular formula is C18H12O2Se. The first-order chi connectivity index (χ1) is 10.3. The molecule has 1 N–H and O–H groups in total. The molecule has 102 valence electrons. The molecule has 0 radical (unpaired) electrons. The first-order valence-electron chi connectivity index (χ1n) is 6.68. The molecule has 1 heterocycles. The van der Waals surface area contributed by atoms with Crippen LogP contribution in [0.3, 0.4) is 0 Å². The molecule has 0 saturated carbocycles. The van der Waals surface area contributed by atoms with Crippen LogP contribution >= 0.6 is 0 Å². The van der Waals surface area contributed by atoms with Crippen molar-refractivity contribution in [3.05, 3.63) is 66.7 Å². The second-order valence-corrected chi connectivity index (χ2v) is 7.10. The molecule has 0 bridgehead atoms. The molecule has 1 aromatic heterocycles. The SMILES string of the molecule is Oc1cc(Oc2ccccc2)c2c(c1)[se]c1ccccc12. The Bertz CT molecular complexity index is 926. The summed E-state index contributed by atoms with van der Waals surface area (Å²) in [6.45, 7) is 0. The number of rotatable bonds is 2. The maximum atomic E-state index is 9.96. The van der Waals surface area contributed by atoms with E-state index in [1.165, 1.54) is 13.9 Å². The summed E-state index contributed by atoms with van der Waals surface area (Å²) < 4.78 is 8.52. The van der Waals surface area contributed by atoms with Gasteiger partial charge in [0, 0.05) is 0 Å². The third kappa shape index (κ3) is 2.21. The van der Waals surface area contributed by atoms with Crippen molar-refractivity contribution in [2.45, 2.75) is 0 Å². The first-order valence-corrected chi connectivity index (χ1v) is 8.40. The summed E-state index contributed by atoms with van der Waals surface area (Å²) in [4.78, 5) is 0. The van der Waals surface area contributed by atoms with Crippen LogP contribution < -0.4 is 4.74 Å². The Labute approximate surface area is 128 Å². The molecule has 3 heteroatoms. The average molecular weight is 339 g/mol. The molecule has 0 aliphatic carbocycles. The molecule has 0 unspecified atom stereocenters. The zero-order valence-electron chi connectivity index (χ0n) is 11.1. The summed E-state index contributed by atoms with van der Waals surface area (Å²) >= 11 is 0.222.